The third kappa shape index (κ3) is 2.12. The zero-order valence-electron chi connectivity index (χ0n) is 16.6. The fourth-order valence-corrected chi connectivity index (χ4v) is 8.91. The van der Waals surface area contributed by atoms with Gasteiger partial charge in [0.1, 0.15) is 11.9 Å². The molecule has 0 bridgehead atoms. The summed E-state index contributed by atoms with van der Waals surface area (Å²) in [6.07, 6.45) is 11.3. The summed E-state index contributed by atoms with van der Waals surface area (Å²) in [5.41, 5.74) is 0.346. The van der Waals surface area contributed by atoms with Gasteiger partial charge in [-0.25, -0.2) is 0 Å². The van der Waals surface area contributed by atoms with E-state index in [1.54, 1.807) is 6.92 Å². The molecule has 0 amide bonds. The zero-order chi connectivity index (χ0) is 18.3. The molecule has 9 atom stereocenters. The minimum absolute atomic E-state index is 0.0620. The first-order valence-electron chi connectivity index (χ1n) is 11.0. The normalized spacial score (nSPS) is 54.3. The predicted molar refractivity (Wildman–Crippen MR) is 99.3 cm³/mol. The number of hydrogen-bond acceptors (Lipinski definition) is 3. The minimum atomic E-state index is -0.115. The molecule has 0 radical (unpaired) electrons. The van der Waals surface area contributed by atoms with Crippen molar-refractivity contribution in [2.75, 3.05) is 0 Å². The third-order valence-corrected chi connectivity index (χ3v) is 9.92. The van der Waals surface area contributed by atoms with E-state index in [1.165, 1.54) is 44.9 Å². The molecule has 5 aliphatic rings. The molecule has 144 valence electrons. The minimum Gasteiger partial charge on any atom is -0.463 e. The van der Waals surface area contributed by atoms with Crippen LogP contribution >= 0.6 is 0 Å². The molecular formula is C23H34O3. The van der Waals surface area contributed by atoms with Gasteiger partial charge in [0.05, 0.1) is 0 Å². The fourth-order valence-electron chi connectivity index (χ4n) is 8.91. The molecule has 0 aromatic rings. The molecule has 0 aromatic heterocycles. The molecule has 5 saturated carbocycles. The lowest BCUT2D eigenvalue weighted by Crippen LogP contribution is -2.51. The Morgan fingerprint density at radius 2 is 1.69 bits per heavy atom. The van der Waals surface area contributed by atoms with Crippen LogP contribution in [-0.2, 0) is 14.3 Å². The first-order valence-corrected chi connectivity index (χ1v) is 11.0. The summed E-state index contributed by atoms with van der Waals surface area (Å²) in [4.78, 5) is 23.9. The highest BCUT2D eigenvalue weighted by Gasteiger charge is 2.76. The summed E-state index contributed by atoms with van der Waals surface area (Å²) in [7, 11) is 0. The van der Waals surface area contributed by atoms with E-state index in [1.807, 2.05) is 6.92 Å². The lowest BCUT2D eigenvalue weighted by atomic mass is 9.48. The molecule has 26 heavy (non-hydrogen) atoms. The highest BCUT2D eigenvalue weighted by molar-refractivity contribution is 5.87. The van der Waals surface area contributed by atoms with Gasteiger partial charge in [0, 0.05) is 12.3 Å². The standard InChI is InChI=1S/C23H34O3/c1-13(24)23-12-16(23)11-21-20-6-4-15-10-17(26-14(2)25)5-7-18(15)19(20)8-9-22(21,23)3/h15-21H,4-12H2,1-3H3/t15-,16?,17+,18+,19-,20-,21+,22+,23+/m1/s1. The predicted octanol–water partition coefficient (Wildman–Crippen LogP) is 4.78. The largest absolute Gasteiger partial charge is 0.463 e. The second-order valence-electron chi connectivity index (χ2n) is 10.6. The number of hydrogen-bond donors (Lipinski definition) is 0. The van der Waals surface area contributed by atoms with Crippen molar-refractivity contribution in [3.63, 3.8) is 0 Å². The number of carbonyl (C=O) groups excluding carboxylic acids is 2. The van der Waals surface area contributed by atoms with Gasteiger partial charge in [-0.2, -0.15) is 0 Å². The average molecular weight is 359 g/mol. The SMILES string of the molecule is CC(=O)O[C@H]1CC[C@H]2[C@H](CC[C@@H]3[C@@H]2CC[C@@]2(C)[C@H]3CC3C[C@]32C(C)=O)C1. The zero-order valence-corrected chi connectivity index (χ0v) is 16.6. The van der Waals surface area contributed by atoms with Gasteiger partial charge >= 0.3 is 5.97 Å². The topological polar surface area (TPSA) is 43.4 Å². The Hall–Kier alpha value is -0.860. The molecular weight excluding hydrogens is 324 g/mol. The highest BCUT2D eigenvalue weighted by atomic mass is 16.5. The van der Waals surface area contributed by atoms with Gasteiger partial charge in [0.2, 0.25) is 0 Å². The smallest absolute Gasteiger partial charge is 0.302 e. The summed E-state index contributed by atoms with van der Waals surface area (Å²) < 4.78 is 5.54. The van der Waals surface area contributed by atoms with Crippen LogP contribution in [0, 0.1) is 46.3 Å². The van der Waals surface area contributed by atoms with E-state index in [0.29, 0.717) is 11.7 Å². The molecule has 0 spiro atoms. The number of Topliss-reactive ketones (excluding diaryl/α,β-unsaturated/α-hetero) is 1. The van der Waals surface area contributed by atoms with Crippen molar-refractivity contribution in [2.24, 2.45) is 46.3 Å². The number of carbonyl (C=O) groups is 2. The van der Waals surface area contributed by atoms with Crippen LogP contribution in [0.3, 0.4) is 0 Å². The average Bonchev–Trinajstić information content (AvgIpc) is 3.27. The van der Waals surface area contributed by atoms with Crippen molar-refractivity contribution in [1.29, 1.82) is 0 Å². The molecule has 0 aromatic carbocycles. The van der Waals surface area contributed by atoms with Gasteiger partial charge in [0.25, 0.3) is 0 Å². The van der Waals surface area contributed by atoms with Gasteiger partial charge in [-0.05, 0) is 106 Å². The van der Waals surface area contributed by atoms with Crippen LogP contribution in [0.4, 0.5) is 0 Å². The van der Waals surface area contributed by atoms with Crippen molar-refractivity contribution in [3.8, 4) is 0 Å². The Bertz CT molecular complexity index is 641. The van der Waals surface area contributed by atoms with E-state index >= 15 is 0 Å². The van der Waals surface area contributed by atoms with Crippen LogP contribution in [0.2, 0.25) is 0 Å². The Balaban J connectivity index is 1.34. The van der Waals surface area contributed by atoms with Crippen molar-refractivity contribution in [3.05, 3.63) is 0 Å². The van der Waals surface area contributed by atoms with Crippen LogP contribution in [0.25, 0.3) is 0 Å². The first kappa shape index (κ1) is 17.3. The molecule has 3 nitrogen and oxygen atoms in total. The van der Waals surface area contributed by atoms with E-state index < -0.39 is 0 Å². The Morgan fingerprint density at radius 1 is 0.923 bits per heavy atom. The molecule has 5 fully saturated rings. The van der Waals surface area contributed by atoms with E-state index in [0.717, 1.165) is 42.4 Å². The number of fused-ring (bicyclic) bond motifs is 7. The number of ether oxygens (including phenoxy) is 1. The molecule has 5 aliphatic carbocycles. The van der Waals surface area contributed by atoms with E-state index in [-0.39, 0.29) is 22.9 Å². The van der Waals surface area contributed by atoms with Crippen LogP contribution in [0.15, 0.2) is 0 Å². The first-order chi connectivity index (χ1) is 12.4. The summed E-state index contributed by atoms with van der Waals surface area (Å²) in [5, 5.41) is 0. The Labute approximate surface area is 157 Å². The lowest BCUT2D eigenvalue weighted by molar-refractivity contribution is -0.153. The van der Waals surface area contributed by atoms with E-state index in [4.69, 9.17) is 4.74 Å². The lowest BCUT2D eigenvalue weighted by Gasteiger charge is -2.57. The number of ketones is 1. The summed E-state index contributed by atoms with van der Waals surface area (Å²) >= 11 is 0. The van der Waals surface area contributed by atoms with Crippen LogP contribution < -0.4 is 0 Å². The Morgan fingerprint density at radius 3 is 2.42 bits per heavy atom. The van der Waals surface area contributed by atoms with Crippen molar-refractivity contribution in [1.82, 2.24) is 0 Å². The second-order valence-corrected chi connectivity index (χ2v) is 10.6. The third-order valence-electron chi connectivity index (χ3n) is 9.92. The molecule has 0 N–H and O–H groups in total. The number of rotatable bonds is 2. The fraction of sp³-hybridized carbons (Fsp3) is 0.913. The van der Waals surface area contributed by atoms with Crippen molar-refractivity contribution in [2.45, 2.75) is 84.7 Å². The van der Waals surface area contributed by atoms with Crippen molar-refractivity contribution < 1.29 is 14.3 Å². The molecule has 0 aliphatic heterocycles. The number of esters is 1. The highest BCUT2D eigenvalue weighted by Crippen LogP contribution is 2.79. The maximum atomic E-state index is 12.5. The van der Waals surface area contributed by atoms with E-state index in [2.05, 4.69) is 6.92 Å². The maximum absolute atomic E-state index is 12.5. The second kappa shape index (κ2) is 5.58. The van der Waals surface area contributed by atoms with Gasteiger partial charge in [-0.1, -0.05) is 6.92 Å². The maximum Gasteiger partial charge on any atom is 0.302 e. The summed E-state index contributed by atoms with van der Waals surface area (Å²) in [6.45, 7) is 5.89. The van der Waals surface area contributed by atoms with Gasteiger partial charge in [0.15, 0.2) is 0 Å². The van der Waals surface area contributed by atoms with Gasteiger partial charge in [-0.15, -0.1) is 0 Å². The van der Waals surface area contributed by atoms with Crippen LogP contribution in [0.5, 0.6) is 0 Å². The monoisotopic (exact) mass is 358 g/mol. The summed E-state index contributed by atoms with van der Waals surface area (Å²) in [5.74, 6) is 5.18. The van der Waals surface area contributed by atoms with Crippen LogP contribution in [0.1, 0.15) is 78.6 Å². The van der Waals surface area contributed by atoms with Gasteiger partial charge < -0.3 is 4.74 Å². The van der Waals surface area contributed by atoms with Crippen LogP contribution in [-0.4, -0.2) is 17.9 Å². The van der Waals surface area contributed by atoms with Gasteiger partial charge in [-0.3, -0.25) is 9.59 Å². The molecule has 0 heterocycles. The Kier molecular flexibility index (Phi) is 3.70. The van der Waals surface area contributed by atoms with E-state index in [9.17, 15) is 9.59 Å². The molecule has 0 saturated heterocycles. The van der Waals surface area contributed by atoms with Crippen molar-refractivity contribution >= 4 is 11.8 Å². The quantitative estimate of drug-likeness (QED) is 0.668. The summed E-state index contributed by atoms with van der Waals surface area (Å²) in [6, 6.07) is 0. The molecule has 3 heteroatoms. The molecule has 1 unspecified atom stereocenters. The molecule has 5 rings (SSSR count).